The lowest BCUT2D eigenvalue weighted by atomic mass is 10.3. The number of nitrogens with one attached hydrogen (secondary N) is 2. The van der Waals surface area contributed by atoms with Crippen molar-refractivity contribution in [2.45, 2.75) is 6.92 Å². The van der Waals surface area contributed by atoms with Crippen LogP contribution in [0.1, 0.15) is 6.92 Å². The number of carbonyl (C=O) groups is 1. The van der Waals surface area contributed by atoms with Crippen molar-refractivity contribution in [2.75, 3.05) is 5.32 Å². The summed E-state index contributed by atoms with van der Waals surface area (Å²) in [6.45, 7) is 5.12. The fourth-order valence-electron chi connectivity index (χ4n) is 2.33. The minimum Gasteiger partial charge on any atom is -0.448 e. The summed E-state index contributed by atoms with van der Waals surface area (Å²) in [5.74, 6) is -0.184. The largest absolute Gasteiger partial charge is 0.448 e. The molecule has 0 atom stereocenters. The van der Waals surface area contributed by atoms with Gasteiger partial charge in [0.2, 0.25) is 5.75 Å². The molecule has 0 saturated heterocycles. The van der Waals surface area contributed by atoms with Crippen molar-refractivity contribution in [3.05, 3.63) is 80.0 Å². The number of halogens is 3. The topological polar surface area (TPSA) is 76.1 Å². The van der Waals surface area contributed by atoms with Gasteiger partial charge in [-0.25, -0.2) is 4.68 Å². The van der Waals surface area contributed by atoms with Crippen molar-refractivity contribution < 1.29 is 9.53 Å². The van der Waals surface area contributed by atoms with Gasteiger partial charge in [-0.3, -0.25) is 14.7 Å². The molecular weight excluding hydrogens is 425 g/mol. The normalized spacial score (nSPS) is 10.6. The molecule has 0 aliphatic carbocycles. The van der Waals surface area contributed by atoms with Crippen molar-refractivity contribution >= 4 is 46.5 Å². The Morgan fingerprint density at radius 1 is 1.14 bits per heavy atom. The van der Waals surface area contributed by atoms with E-state index in [0.717, 1.165) is 4.68 Å². The molecule has 3 aromatic rings. The fourth-order valence-corrected chi connectivity index (χ4v) is 3.32. The summed E-state index contributed by atoms with van der Waals surface area (Å²) in [4.78, 5) is 25.1. The van der Waals surface area contributed by atoms with Gasteiger partial charge in [0.1, 0.15) is 11.4 Å². The van der Waals surface area contributed by atoms with Gasteiger partial charge >= 0.3 is 5.56 Å². The Kier molecular flexibility index (Phi) is 5.84. The van der Waals surface area contributed by atoms with Crippen LogP contribution in [0.2, 0.25) is 15.1 Å². The smallest absolute Gasteiger partial charge is 0.316 e. The number of amides is 1. The van der Waals surface area contributed by atoms with Crippen LogP contribution in [0.25, 0.3) is 5.69 Å². The molecule has 0 unspecified atom stereocenters. The van der Waals surface area contributed by atoms with E-state index in [2.05, 4.69) is 17.0 Å². The second-order valence-electron chi connectivity index (χ2n) is 5.82. The highest BCUT2D eigenvalue weighted by molar-refractivity contribution is 6.40. The molecule has 2 N–H and O–H groups in total. The first kappa shape index (κ1) is 20.1. The fraction of sp³-hybridized carbons (Fsp3) is 0.0526. The average Bonchev–Trinajstić information content (AvgIpc) is 2.91. The summed E-state index contributed by atoms with van der Waals surface area (Å²) in [5.41, 5.74) is -0.180. The number of H-pyrrole nitrogens is 1. The molecule has 2 aromatic carbocycles. The predicted molar refractivity (Wildman–Crippen MR) is 111 cm³/mol. The molecule has 3 rings (SSSR count). The summed E-state index contributed by atoms with van der Waals surface area (Å²) in [6, 6.07) is 11.5. The molecule has 0 aliphatic heterocycles. The van der Waals surface area contributed by atoms with Gasteiger partial charge in [0.15, 0.2) is 5.82 Å². The van der Waals surface area contributed by atoms with Crippen LogP contribution in [0.3, 0.4) is 0 Å². The highest BCUT2D eigenvalue weighted by Crippen LogP contribution is 2.33. The number of carbonyl (C=O) groups excluding carboxylic acids is 1. The Balaban J connectivity index is 2.16. The predicted octanol–water partition coefficient (Wildman–Crippen LogP) is 5.43. The Morgan fingerprint density at radius 2 is 1.75 bits per heavy atom. The van der Waals surface area contributed by atoms with Crippen LogP contribution in [-0.2, 0) is 4.79 Å². The number of para-hydroxylation sites is 1. The maximum absolute atomic E-state index is 13.0. The molecule has 0 bridgehead atoms. The van der Waals surface area contributed by atoms with Crippen molar-refractivity contribution in [1.82, 2.24) is 9.78 Å². The van der Waals surface area contributed by atoms with Crippen LogP contribution in [0, 0.1) is 0 Å². The van der Waals surface area contributed by atoms with Crippen LogP contribution in [-0.4, -0.2) is 15.7 Å². The zero-order valence-electron chi connectivity index (χ0n) is 14.6. The third kappa shape index (κ3) is 4.09. The minimum absolute atomic E-state index is 0.0314. The van der Waals surface area contributed by atoms with E-state index in [4.69, 9.17) is 39.5 Å². The molecule has 1 amide bonds. The maximum atomic E-state index is 13.0. The van der Waals surface area contributed by atoms with Gasteiger partial charge in [-0.15, -0.1) is 0 Å². The van der Waals surface area contributed by atoms with Gasteiger partial charge in [0, 0.05) is 10.6 Å². The van der Waals surface area contributed by atoms with Crippen LogP contribution in [0.15, 0.2) is 59.4 Å². The van der Waals surface area contributed by atoms with E-state index in [-0.39, 0.29) is 32.9 Å². The van der Waals surface area contributed by atoms with Crippen molar-refractivity contribution in [1.29, 1.82) is 0 Å². The molecule has 0 fully saturated rings. The van der Waals surface area contributed by atoms with Crippen LogP contribution < -0.4 is 15.6 Å². The maximum Gasteiger partial charge on any atom is 0.316 e. The van der Waals surface area contributed by atoms with Crippen LogP contribution in [0.4, 0.5) is 5.82 Å². The molecular formula is C19H14Cl3N3O3. The van der Waals surface area contributed by atoms with E-state index in [1.165, 1.54) is 19.1 Å². The molecule has 0 saturated carbocycles. The molecule has 0 radical (unpaired) electrons. The molecule has 1 heterocycles. The molecule has 9 heteroatoms. The number of aromatic nitrogens is 2. The molecule has 0 spiro atoms. The van der Waals surface area contributed by atoms with Gasteiger partial charge in [-0.1, -0.05) is 59.6 Å². The number of rotatable bonds is 5. The van der Waals surface area contributed by atoms with Crippen LogP contribution in [0.5, 0.6) is 11.5 Å². The zero-order chi connectivity index (χ0) is 20.4. The van der Waals surface area contributed by atoms with E-state index in [0.29, 0.717) is 10.8 Å². The Labute approximate surface area is 175 Å². The zero-order valence-corrected chi connectivity index (χ0v) is 16.8. The standard InChI is InChI=1S/C19H14Cl3N3O3/c1-10(2)18(26)23-17-16(28-12-6-4-3-5-7-12)19(27)25(24-17)15-13(21)8-11(20)9-14(15)22/h3-9,24H,1H2,2H3,(H,23,26). The third-order valence-corrected chi connectivity index (χ3v) is 4.44. The van der Waals surface area contributed by atoms with Gasteiger partial charge in [0.25, 0.3) is 5.91 Å². The van der Waals surface area contributed by atoms with Gasteiger partial charge in [-0.2, -0.15) is 0 Å². The van der Waals surface area contributed by atoms with E-state index >= 15 is 0 Å². The van der Waals surface area contributed by atoms with Gasteiger partial charge in [-0.05, 0) is 31.2 Å². The summed E-state index contributed by atoms with van der Waals surface area (Å²) >= 11 is 18.4. The second kappa shape index (κ2) is 8.14. The molecule has 0 aliphatic rings. The lowest BCUT2D eigenvalue weighted by Crippen LogP contribution is -2.16. The number of aromatic amines is 1. The summed E-state index contributed by atoms with van der Waals surface area (Å²) in [7, 11) is 0. The van der Waals surface area contributed by atoms with Crippen molar-refractivity contribution in [2.24, 2.45) is 0 Å². The third-order valence-electron chi connectivity index (χ3n) is 3.64. The average molecular weight is 439 g/mol. The number of ether oxygens (including phenoxy) is 1. The second-order valence-corrected chi connectivity index (χ2v) is 7.07. The van der Waals surface area contributed by atoms with Crippen LogP contribution >= 0.6 is 34.8 Å². The number of anilines is 1. The summed E-state index contributed by atoms with van der Waals surface area (Å²) < 4.78 is 6.78. The number of hydrogen-bond acceptors (Lipinski definition) is 3. The van der Waals surface area contributed by atoms with E-state index in [1.807, 2.05) is 0 Å². The van der Waals surface area contributed by atoms with Gasteiger partial charge < -0.3 is 10.1 Å². The lowest BCUT2D eigenvalue weighted by Gasteiger charge is -2.08. The Hall–Kier alpha value is -2.67. The minimum atomic E-state index is -0.605. The van der Waals surface area contributed by atoms with Gasteiger partial charge in [0.05, 0.1) is 10.0 Å². The molecule has 144 valence electrons. The lowest BCUT2D eigenvalue weighted by molar-refractivity contribution is -0.112. The Bertz CT molecular complexity index is 1100. The first-order chi connectivity index (χ1) is 13.3. The summed E-state index contributed by atoms with van der Waals surface area (Å²) in [5, 5.41) is 5.93. The first-order valence-corrected chi connectivity index (χ1v) is 9.11. The number of benzene rings is 2. The molecule has 28 heavy (non-hydrogen) atoms. The van der Waals surface area contributed by atoms with Crippen molar-refractivity contribution in [3.8, 4) is 17.2 Å². The monoisotopic (exact) mass is 437 g/mol. The summed E-state index contributed by atoms with van der Waals surface area (Å²) in [6.07, 6.45) is 0. The number of nitrogens with zero attached hydrogens (tertiary/aromatic N) is 1. The van der Waals surface area contributed by atoms with E-state index in [9.17, 15) is 9.59 Å². The van der Waals surface area contributed by atoms with Crippen molar-refractivity contribution in [3.63, 3.8) is 0 Å². The Morgan fingerprint density at radius 3 is 2.32 bits per heavy atom. The molecule has 1 aromatic heterocycles. The quantitative estimate of drug-likeness (QED) is 0.521. The SMILES string of the molecule is C=C(C)C(=O)Nc1[nH]n(-c2c(Cl)cc(Cl)cc2Cl)c(=O)c1Oc1ccccc1. The van der Waals surface area contributed by atoms with E-state index in [1.54, 1.807) is 30.3 Å². The highest BCUT2D eigenvalue weighted by Gasteiger charge is 2.22. The van der Waals surface area contributed by atoms with E-state index < -0.39 is 11.5 Å². The highest BCUT2D eigenvalue weighted by atomic mass is 35.5. The number of hydrogen-bond donors (Lipinski definition) is 2. The molecule has 6 nitrogen and oxygen atoms in total. The first-order valence-electron chi connectivity index (χ1n) is 7.97.